The van der Waals surface area contributed by atoms with Crippen molar-refractivity contribution in [3.63, 3.8) is 0 Å². The third kappa shape index (κ3) is 1.84. The summed E-state index contributed by atoms with van der Waals surface area (Å²) in [6.45, 7) is 0. The van der Waals surface area contributed by atoms with Crippen molar-refractivity contribution < 1.29 is 8.78 Å². The Morgan fingerprint density at radius 1 is 1.33 bits per heavy atom. The second-order valence-electron chi connectivity index (χ2n) is 3.00. The first-order valence-electron chi connectivity index (χ1n) is 4.12. The molecule has 1 aromatic carbocycles. The van der Waals surface area contributed by atoms with E-state index < -0.39 is 11.6 Å². The lowest BCUT2D eigenvalue weighted by molar-refractivity contribution is 0.515. The molecule has 0 amide bonds. The number of benzene rings is 1. The summed E-state index contributed by atoms with van der Waals surface area (Å²) in [6.07, 6.45) is 0. The van der Waals surface area contributed by atoms with Crippen molar-refractivity contribution in [1.29, 1.82) is 0 Å². The number of fused-ring (bicyclic) bond motifs is 1. The number of aromatic nitrogens is 1. The minimum atomic E-state index is -0.961. The molecule has 0 aliphatic carbocycles. The number of nitrogens with zero attached hydrogens (tertiary/aromatic N) is 1. The lowest BCUT2D eigenvalue weighted by Gasteiger charge is -2.05. The smallest absolute Gasteiger partial charge is 0.185 e. The van der Waals surface area contributed by atoms with Crippen molar-refractivity contribution >= 4 is 38.4 Å². The monoisotopic (exact) mass is 291 g/mol. The minimum absolute atomic E-state index is 0.0306. The molecule has 78 valence electrons. The molecule has 0 radical (unpaired) electrons. The Morgan fingerprint density at radius 3 is 2.73 bits per heavy atom. The van der Waals surface area contributed by atoms with Crippen molar-refractivity contribution in [3.05, 3.63) is 40.6 Å². The van der Waals surface area contributed by atoms with Crippen LogP contribution in [0.5, 0.6) is 0 Å². The highest BCUT2D eigenvalue weighted by atomic mass is 79.9. The van der Waals surface area contributed by atoms with E-state index in [1.54, 1.807) is 6.07 Å². The van der Waals surface area contributed by atoms with Crippen LogP contribution in [0.25, 0.3) is 10.9 Å². The number of hydrogen-bond acceptors (Lipinski definition) is 1. The lowest BCUT2D eigenvalue weighted by Crippen LogP contribution is -1.93. The molecule has 15 heavy (non-hydrogen) atoms. The third-order valence-electron chi connectivity index (χ3n) is 2.07. The van der Waals surface area contributed by atoms with E-state index in [9.17, 15) is 8.78 Å². The molecule has 5 heteroatoms. The van der Waals surface area contributed by atoms with Crippen molar-refractivity contribution in [1.82, 2.24) is 4.98 Å². The summed E-state index contributed by atoms with van der Waals surface area (Å²) in [5.74, 6) is -1.88. The topological polar surface area (TPSA) is 12.9 Å². The van der Waals surface area contributed by atoms with Crippen LogP contribution in [0.4, 0.5) is 8.78 Å². The summed E-state index contributed by atoms with van der Waals surface area (Å²) >= 11 is 8.96. The Morgan fingerprint density at radius 2 is 2.07 bits per heavy atom. The molecule has 0 N–H and O–H groups in total. The Labute approximate surface area is 98.2 Å². The first-order valence-corrected chi connectivity index (χ1v) is 5.62. The normalized spacial score (nSPS) is 10.9. The maximum atomic E-state index is 13.4. The van der Waals surface area contributed by atoms with Gasteiger partial charge in [0, 0.05) is 10.7 Å². The molecular formula is C10H5BrClF2N. The molecule has 1 aromatic heterocycles. The summed E-state index contributed by atoms with van der Waals surface area (Å²) in [6, 6.07) is 4.20. The maximum Gasteiger partial charge on any atom is 0.185 e. The predicted octanol–water partition coefficient (Wildman–Crippen LogP) is 4.06. The van der Waals surface area contributed by atoms with Crippen molar-refractivity contribution in [3.8, 4) is 0 Å². The molecule has 0 aliphatic rings. The van der Waals surface area contributed by atoms with Crippen molar-refractivity contribution in [2.45, 2.75) is 5.33 Å². The molecule has 0 bridgehead atoms. The zero-order valence-electron chi connectivity index (χ0n) is 7.40. The number of pyridine rings is 1. The van der Waals surface area contributed by atoms with Gasteiger partial charge >= 0.3 is 0 Å². The van der Waals surface area contributed by atoms with Crippen LogP contribution in [0.15, 0.2) is 18.2 Å². The van der Waals surface area contributed by atoms with Gasteiger partial charge in [0.15, 0.2) is 11.6 Å². The van der Waals surface area contributed by atoms with Gasteiger partial charge in [0.2, 0.25) is 0 Å². The fourth-order valence-corrected chi connectivity index (χ4v) is 2.06. The Hall–Kier alpha value is -0.740. The van der Waals surface area contributed by atoms with E-state index in [0.29, 0.717) is 10.7 Å². The molecule has 0 aliphatic heterocycles. The molecule has 1 nitrogen and oxygen atoms in total. The molecular weight excluding hydrogens is 287 g/mol. The fourth-order valence-electron chi connectivity index (χ4n) is 1.38. The van der Waals surface area contributed by atoms with E-state index in [0.717, 1.165) is 11.6 Å². The van der Waals surface area contributed by atoms with Crippen LogP contribution in [0, 0.1) is 11.6 Å². The molecule has 2 aromatic rings. The second-order valence-corrected chi connectivity index (χ2v) is 3.94. The highest BCUT2D eigenvalue weighted by Crippen LogP contribution is 2.26. The number of hydrogen-bond donors (Lipinski definition) is 0. The minimum Gasteiger partial charge on any atom is -0.233 e. The summed E-state index contributed by atoms with van der Waals surface area (Å²) < 4.78 is 26.3. The van der Waals surface area contributed by atoms with E-state index >= 15 is 0 Å². The van der Waals surface area contributed by atoms with Gasteiger partial charge in [0.1, 0.15) is 10.7 Å². The lowest BCUT2D eigenvalue weighted by atomic mass is 10.1. The number of halogens is 4. The zero-order chi connectivity index (χ0) is 11.0. The van der Waals surface area contributed by atoms with Crippen molar-refractivity contribution in [2.24, 2.45) is 0 Å². The van der Waals surface area contributed by atoms with Crippen LogP contribution in [-0.2, 0) is 5.33 Å². The highest BCUT2D eigenvalue weighted by Gasteiger charge is 2.11. The summed E-state index contributed by atoms with van der Waals surface area (Å²) in [5.41, 5.74) is 0.751. The Kier molecular flexibility index (Phi) is 2.89. The van der Waals surface area contributed by atoms with Crippen LogP contribution >= 0.6 is 27.5 Å². The van der Waals surface area contributed by atoms with Gasteiger partial charge in [0.25, 0.3) is 0 Å². The van der Waals surface area contributed by atoms with Gasteiger partial charge in [-0.1, -0.05) is 27.5 Å². The standard InChI is InChI=1S/C10H5BrClF2N/c11-4-5-3-8(12)15-10-6(5)1-2-7(13)9(10)14/h1-3H,4H2. The highest BCUT2D eigenvalue weighted by molar-refractivity contribution is 9.08. The summed E-state index contributed by atoms with van der Waals surface area (Å²) in [7, 11) is 0. The molecule has 0 spiro atoms. The Bertz CT molecular complexity index is 530. The fraction of sp³-hybridized carbons (Fsp3) is 0.100. The predicted molar refractivity (Wildman–Crippen MR) is 59.3 cm³/mol. The molecule has 0 atom stereocenters. The third-order valence-corrected chi connectivity index (χ3v) is 2.87. The van der Waals surface area contributed by atoms with Gasteiger partial charge in [0.05, 0.1) is 0 Å². The zero-order valence-corrected chi connectivity index (χ0v) is 9.74. The van der Waals surface area contributed by atoms with E-state index in [1.807, 2.05) is 0 Å². The first-order chi connectivity index (χ1) is 7.13. The quantitative estimate of drug-likeness (QED) is 0.570. The van der Waals surface area contributed by atoms with Gasteiger partial charge in [-0.2, -0.15) is 0 Å². The van der Waals surface area contributed by atoms with Gasteiger partial charge in [-0.15, -0.1) is 0 Å². The van der Waals surface area contributed by atoms with E-state index in [1.165, 1.54) is 6.07 Å². The first kappa shape index (κ1) is 10.8. The van der Waals surface area contributed by atoms with Gasteiger partial charge in [-0.25, -0.2) is 13.8 Å². The number of rotatable bonds is 1. The maximum absolute atomic E-state index is 13.4. The van der Waals surface area contributed by atoms with Crippen LogP contribution < -0.4 is 0 Å². The van der Waals surface area contributed by atoms with Gasteiger partial charge in [-0.3, -0.25) is 0 Å². The largest absolute Gasteiger partial charge is 0.233 e. The molecule has 1 heterocycles. The Balaban J connectivity index is 2.89. The molecule has 0 saturated carbocycles. The summed E-state index contributed by atoms with van der Waals surface area (Å²) in [4.78, 5) is 3.77. The van der Waals surface area contributed by atoms with Crippen LogP contribution in [0.3, 0.4) is 0 Å². The van der Waals surface area contributed by atoms with Crippen LogP contribution in [0.2, 0.25) is 5.15 Å². The van der Waals surface area contributed by atoms with Gasteiger partial charge < -0.3 is 0 Å². The average Bonchev–Trinajstić information content (AvgIpc) is 2.23. The molecule has 0 unspecified atom stereocenters. The SMILES string of the molecule is Fc1ccc2c(CBr)cc(Cl)nc2c1F. The van der Waals surface area contributed by atoms with E-state index in [2.05, 4.69) is 20.9 Å². The average molecular weight is 293 g/mol. The van der Waals surface area contributed by atoms with Crippen molar-refractivity contribution in [2.75, 3.05) is 0 Å². The summed E-state index contributed by atoms with van der Waals surface area (Å²) in [5, 5.41) is 1.23. The van der Waals surface area contributed by atoms with Crippen LogP contribution in [-0.4, -0.2) is 4.98 Å². The van der Waals surface area contributed by atoms with Crippen LogP contribution in [0.1, 0.15) is 5.56 Å². The molecule has 0 saturated heterocycles. The van der Waals surface area contributed by atoms with E-state index in [-0.39, 0.29) is 10.7 Å². The molecule has 2 rings (SSSR count). The van der Waals surface area contributed by atoms with E-state index in [4.69, 9.17) is 11.6 Å². The number of alkyl halides is 1. The molecule has 0 fully saturated rings. The van der Waals surface area contributed by atoms with Gasteiger partial charge in [-0.05, 0) is 23.8 Å². The second kappa shape index (κ2) is 4.02.